The molecule has 2 aromatic heterocycles. The number of aromatic amines is 1. The molecule has 0 aliphatic carbocycles. The zero-order valence-electron chi connectivity index (χ0n) is 8.79. The van der Waals surface area contributed by atoms with E-state index in [0.717, 1.165) is 27.3 Å². The predicted molar refractivity (Wildman–Crippen MR) is 61.2 cm³/mol. The van der Waals surface area contributed by atoms with Crippen LogP contribution in [0.25, 0.3) is 0 Å². The molecule has 5 heteroatoms. The van der Waals surface area contributed by atoms with Crippen molar-refractivity contribution in [2.45, 2.75) is 19.4 Å². The van der Waals surface area contributed by atoms with Crippen molar-refractivity contribution in [2.24, 2.45) is 0 Å². The maximum atomic E-state index is 5.56. The first-order valence-electron chi connectivity index (χ1n) is 5.10. The van der Waals surface area contributed by atoms with Gasteiger partial charge < -0.3 is 14.1 Å². The van der Waals surface area contributed by atoms with Crippen molar-refractivity contribution in [1.82, 2.24) is 9.97 Å². The molecule has 3 rings (SSSR count). The molecule has 0 amide bonds. The van der Waals surface area contributed by atoms with E-state index in [-0.39, 0.29) is 5.92 Å². The lowest BCUT2D eigenvalue weighted by Gasteiger charge is -2.20. The number of imidazole rings is 1. The molecule has 0 fully saturated rings. The van der Waals surface area contributed by atoms with Crippen LogP contribution in [0.5, 0.6) is 0 Å². The highest BCUT2D eigenvalue weighted by atomic mass is 79.9. The van der Waals surface area contributed by atoms with E-state index in [1.165, 1.54) is 0 Å². The monoisotopic (exact) mass is 282 g/mol. The number of hydrogen-bond acceptors (Lipinski definition) is 3. The summed E-state index contributed by atoms with van der Waals surface area (Å²) in [6, 6.07) is 0. The van der Waals surface area contributed by atoms with Crippen LogP contribution < -0.4 is 0 Å². The molecule has 2 aromatic rings. The Kier molecular flexibility index (Phi) is 2.37. The number of aromatic nitrogens is 2. The van der Waals surface area contributed by atoms with Gasteiger partial charge in [0, 0.05) is 23.0 Å². The van der Waals surface area contributed by atoms with Crippen molar-refractivity contribution in [3.8, 4) is 0 Å². The largest absolute Gasteiger partial charge is 0.457 e. The number of ether oxygens (including phenoxy) is 1. The molecule has 0 saturated heterocycles. The summed E-state index contributed by atoms with van der Waals surface area (Å²) < 4.78 is 11.7. The van der Waals surface area contributed by atoms with E-state index in [1.807, 2.05) is 13.1 Å². The topological polar surface area (TPSA) is 51.1 Å². The second kappa shape index (κ2) is 3.75. The van der Waals surface area contributed by atoms with E-state index in [0.29, 0.717) is 13.2 Å². The van der Waals surface area contributed by atoms with E-state index in [4.69, 9.17) is 9.15 Å². The van der Waals surface area contributed by atoms with E-state index >= 15 is 0 Å². The van der Waals surface area contributed by atoms with Crippen LogP contribution in [0.4, 0.5) is 0 Å². The molecule has 16 heavy (non-hydrogen) atoms. The van der Waals surface area contributed by atoms with Crippen molar-refractivity contribution in [1.29, 1.82) is 0 Å². The molecule has 0 radical (unpaired) electrons. The first-order valence-corrected chi connectivity index (χ1v) is 5.90. The Hall–Kier alpha value is -1.07. The van der Waals surface area contributed by atoms with Crippen molar-refractivity contribution in [2.75, 3.05) is 6.61 Å². The van der Waals surface area contributed by atoms with E-state index < -0.39 is 0 Å². The third-order valence-electron chi connectivity index (χ3n) is 2.83. The summed E-state index contributed by atoms with van der Waals surface area (Å²) in [7, 11) is 0. The van der Waals surface area contributed by atoms with Crippen LogP contribution >= 0.6 is 15.9 Å². The summed E-state index contributed by atoms with van der Waals surface area (Å²) >= 11 is 3.38. The van der Waals surface area contributed by atoms with Crippen molar-refractivity contribution >= 4 is 15.9 Å². The number of fused-ring (bicyclic) bond motifs is 1. The van der Waals surface area contributed by atoms with Gasteiger partial charge in [0.1, 0.15) is 5.82 Å². The van der Waals surface area contributed by atoms with Gasteiger partial charge in [0.25, 0.3) is 0 Å². The summed E-state index contributed by atoms with van der Waals surface area (Å²) in [6.07, 6.45) is 3.61. The maximum Gasteiger partial charge on any atom is 0.174 e. The summed E-state index contributed by atoms with van der Waals surface area (Å²) in [6.45, 7) is 3.24. The van der Waals surface area contributed by atoms with Crippen molar-refractivity contribution < 1.29 is 9.15 Å². The smallest absolute Gasteiger partial charge is 0.174 e. The fourth-order valence-electron chi connectivity index (χ4n) is 2.01. The molecule has 1 aliphatic rings. The van der Waals surface area contributed by atoms with Gasteiger partial charge in [0.2, 0.25) is 0 Å². The van der Waals surface area contributed by atoms with Gasteiger partial charge >= 0.3 is 0 Å². The fourth-order valence-corrected chi connectivity index (χ4v) is 2.45. The van der Waals surface area contributed by atoms with Gasteiger partial charge in [0.05, 0.1) is 25.4 Å². The van der Waals surface area contributed by atoms with Gasteiger partial charge in [-0.25, -0.2) is 4.98 Å². The second-order valence-electron chi connectivity index (χ2n) is 3.96. The molecule has 1 atom stereocenters. The lowest BCUT2D eigenvalue weighted by Crippen LogP contribution is -2.17. The van der Waals surface area contributed by atoms with Crippen molar-refractivity contribution in [3.63, 3.8) is 0 Å². The molecule has 3 heterocycles. The first-order chi connectivity index (χ1) is 7.75. The van der Waals surface area contributed by atoms with Crippen LogP contribution in [0.3, 0.4) is 0 Å². The number of aryl methyl sites for hydroxylation is 1. The SMILES string of the molecule is Cc1cnc(C2COCc3c2coc3Br)[nH]1. The average Bonchev–Trinajstić information content (AvgIpc) is 2.86. The van der Waals surface area contributed by atoms with Crippen LogP contribution in [-0.4, -0.2) is 16.6 Å². The molecule has 0 saturated carbocycles. The highest BCUT2D eigenvalue weighted by Gasteiger charge is 2.28. The summed E-state index contributed by atoms with van der Waals surface area (Å²) in [5.41, 5.74) is 3.31. The number of nitrogens with one attached hydrogen (secondary N) is 1. The number of rotatable bonds is 1. The van der Waals surface area contributed by atoms with Crippen LogP contribution in [0.15, 0.2) is 21.5 Å². The Bertz CT molecular complexity index is 518. The highest BCUT2D eigenvalue weighted by molar-refractivity contribution is 9.10. The average molecular weight is 283 g/mol. The Morgan fingerprint density at radius 2 is 2.44 bits per heavy atom. The van der Waals surface area contributed by atoms with E-state index in [1.54, 1.807) is 6.26 Å². The molecule has 0 spiro atoms. The zero-order chi connectivity index (χ0) is 11.1. The second-order valence-corrected chi connectivity index (χ2v) is 4.68. The van der Waals surface area contributed by atoms with Gasteiger partial charge in [-0.3, -0.25) is 0 Å². The van der Waals surface area contributed by atoms with Crippen LogP contribution in [0.1, 0.15) is 28.6 Å². The molecule has 1 N–H and O–H groups in total. The van der Waals surface area contributed by atoms with E-state index in [2.05, 4.69) is 25.9 Å². The molecule has 0 bridgehead atoms. The van der Waals surface area contributed by atoms with Crippen molar-refractivity contribution in [3.05, 3.63) is 39.8 Å². The molecule has 1 aliphatic heterocycles. The number of nitrogens with zero attached hydrogens (tertiary/aromatic N) is 1. The van der Waals surface area contributed by atoms with Crippen LogP contribution in [0.2, 0.25) is 0 Å². The predicted octanol–water partition coefficient (Wildman–Crippen LogP) is 2.74. The molecule has 1 unspecified atom stereocenters. The number of H-pyrrole nitrogens is 1. The summed E-state index contributed by atoms with van der Waals surface area (Å²) in [4.78, 5) is 7.60. The van der Waals surface area contributed by atoms with Gasteiger partial charge in [0.15, 0.2) is 4.67 Å². The van der Waals surface area contributed by atoms with Gasteiger partial charge in [-0.1, -0.05) is 0 Å². The Balaban J connectivity index is 2.05. The molecular weight excluding hydrogens is 272 g/mol. The summed E-state index contributed by atoms with van der Waals surface area (Å²) in [5.74, 6) is 1.08. The fraction of sp³-hybridized carbons (Fsp3) is 0.364. The van der Waals surface area contributed by atoms with E-state index in [9.17, 15) is 0 Å². The maximum absolute atomic E-state index is 5.56. The zero-order valence-corrected chi connectivity index (χ0v) is 10.4. The first kappa shape index (κ1) is 10.1. The lowest BCUT2D eigenvalue weighted by atomic mass is 9.96. The Morgan fingerprint density at radius 3 is 3.19 bits per heavy atom. The normalized spacial score (nSPS) is 19.8. The van der Waals surface area contributed by atoms with Gasteiger partial charge in [-0.2, -0.15) is 0 Å². The quantitative estimate of drug-likeness (QED) is 0.875. The number of furan rings is 1. The standard InChI is InChI=1S/C11H11BrN2O2/c1-6-2-13-11(14-6)9-4-15-3-8-7(9)5-16-10(8)12/h2,5,9H,3-4H2,1H3,(H,13,14). The van der Waals surface area contributed by atoms with Crippen LogP contribution in [-0.2, 0) is 11.3 Å². The molecule has 0 aromatic carbocycles. The number of hydrogen-bond donors (Lipinski definition) is 1. The lowest BCUT2D eigenvalue weighted by molar-refractivity contribution is 0.0978. The minimum atomic E-state index is 0.146. The minimum absolute atomic E-state index is 0.146. The van der Waals surface area contributed by atoms with Gasteiger partial charge in [-0.05, 0) is 22.9 Å². The molecular formula is C11H11BrN2O2. The highest BCUT2D eigenvalue weighted by Crippen LogP contribution is 2.35. The molecule has 84 valence electrons. The third kappa shape index (κ3) is 1.51. The number of halogens is 1. The van der Waals surface area contributed by atoms with Crippen LogP contribution in [0, 0.1) is 6.92 Å². The minimum Gasteiger partial charge on any atom is -0.457 e. The Morgan fingerprint density at radius 1 is 1.56 bits per heavy atom. The Labute approximate surface area is 101 Å². The molecule has 4 nitrogen and oxygen atoms in total. The summed E-state index contributed by atoms with van der Waals surface area (Å²) in [5, 5.41) is 0. The van der Waals surface area contributed by atoms with Gasteiger partial charge in [-0.15, -0.1) is 0 Å². The third-order valence-corrected chi connectivity index (χ3v) is 3.50.